The number of aromatic amines is 1. The third-order valence-corrected chi connectivity index (χ3v) is 4.84. The van der Waals surface area contributed by atoms with Gasteiger partial charge in [0.1, 0.15) is 12.2 Å². The molecule has 0 saturated carbocycles. The van der Waals surface area contributed by atoms with E-state index in [1.165, 1.54) is 6.07 Å². The number of hydrogen-bond donors (Lipinski definition) is 1. The summed E-state index contributed by atoms with van der Waals surface area (Å²) in [6.45, 7) is 3.99. The second-order valence-electron chi connectivity index (χ2n) is 6.72. The van der Waals surface area contributed by atoms with Crippen molar-refractivity contribution < 1.29 is 13.9 Å². The Hall–Kier alpha value is -3.34. The molecule has 5 nitrogen and oxygen atoms in total. The Bertz CT molecular complexity index is 1220. The minimum atomic E-state index is -0.451. The van der Waals surface area contributed by atoms with Crippen LogP contribution >= 0.6 is 0 Å². The molecule has 1 N–H and O–H groups in total. The number of fused-ring (bicyclic) bond motifs is 2. The molecule has 2 heterocycles. The van der Waals surface area contributed by atoms with Gasteiger partial charge in [-0.2, -0.15) is 0 Å². The van der Waals surface area contributed by atoms with E-state index in [1.54, 1.807) is 0 Å². The third kappa shape index (κ3) is 3.36. The van der Waals surface area contributed by atoms with Crippen molar-refractivity contribution in [1.82, 2.24) is 4.98 Å². The average molecular weight is 361 g/mol. The molecule has 27 heavy (non-hydrogen) atoms. The first-order valence-corrected chi connectivity index (χ1v) is 8.76. The number of benzene rings is 2. The smallest absolute Gasteiger partial charge is 0.336 e. The first kappa shape index (κ1) is 17.1. The van der Waals surface area contributed by atoms with E-state index in [1.807, 2.05) is 56.4 Å². The van der Waals surface area contributed by atoms with Crippen molar-refractivity contribution in [2.24, 2.45) is 0 Å². The van der Waals surface area contributed by atoms with Gasteiger partial charge in [0.15, 0.2) is 0 Å². The summed E-state index contributed by atoms with van der Waals surface area (Å²) >= 11 is 0. The van der Waals surface area contributed by atoms with Gasteiger partial charge in [-0.05, 0) is 48.7 Å². The first-order chi connectivity index (χ1) is 13.0. The molecule has 0 aliphatic rings. The lowest BCUT2D eigenvalue weighted by molar-refractivity contribution is -0.144. The number of hydrogen-bond acceptors (Lipinski definition) is 4. The molecule has 0 aliphatic carbocycles. The first-order valence-electron chi connectivity index (χ1n) is 8.76. The summed E-state index contributed by atoms with van der Waals surface area (Å²) in [5.41, 5.74) is 4.71. The second kappa shape index (κ2) is 6.76. The van der Waals surface area contributed by atoms with Crippen molar-refractivity contribution in [1.29, 1.82) is 0 Å². The Kier molecular flexibility index (Phi) is 4.28. The number of aryl methyl sites for hydroxylation is 2. The van der Waals surface area contributed by atoms with E-state index < -0.39 is 5.63 Å². The third-order valence-electron chi connectivity index (χ3n) is 4.84. The Labute approximate surface area is 155 Å². The summed E-state index contributed by atoms with van der Waals surface area (Å²) < 4.78 is 10.7. The summed E-state index contributed by atoms with van der Waals surface area (Å²) in [4.78, 5) is 27.3. The lowest BCUT2D eigenvalue weighted by Gasteiger charge is -2.09. The molecule has 0 unspecified atom stereocenters. The predicted octanol–water partition coefficient (Wildman–Crippen LogP) is 4.18. The van der Waals surface area contributed by atoms with Crippen molar-refractivity contribution in [3.63, 3.8) is 0 Å². The predicted molar refractivity (Wildman–Crippen MR) is 104 cm³/mol. The number of carbonyl (C=O) groups is 1. The molecule has 0 radical (unpaired) electrons. The molecule has 0 amide bonds. The SMILES string of the molecule is Cc1cc2oc(=O)cc(COC(=O)Cc3c[nH]c4ccccc34)c2cc1C. The van der Waals surface area contributed by atoms with E-state index in [0.717, 1.165) is 33.0 Å². The molecule has 0 fully saturated rings. The topological polar surface area (TPSA) is 72.3 Å². The van der Waals surface area contributed by atoms with Gasteiger partial charge in [0.2, 0.25) is 0 Å². The van der Waals surface area contributed by atoms with E-state index in [-0.39, 0.29) is 19.0 Å². The van der Waals surface area contributed by atoms with Crippen LogP contribution in [0, 0.1) is 13.8 Å². The van der Waals surface area contributed by atoms with Crippen molar-refractivity contribution in [3.8, 4) is 0 Å². The number of para-hydroxylation sites is 1. The van der Waals surface area contributed by atoms with Crippen LogP contribution in [0.1, 0.15) is 22.3 Å². The molecular formula is C22H19NO4. The van der Waals surface area contributed by atoms with E-state index in [2.05, 4.69) is 4.98 Å². The highest BCUT2D eigenvalue weighted by Crippen LogP contribution is 2.23. The van der Waals surface area contributed by atoms with Gasteiger partial charge in [0, 0.05) is 34.1 Å². The van der Waals surface area contributed by atoms with Crippen LogP contribution in [-0.4, -0.2) is 11.0 Å². The molecule has 0 atom stereocenters. The van der Waals surface area contributed by atoms with Crippen molar-refractivity contribution in [2.45, 2.75) is 26.9 Å². The molecule has 136 valence electrons. The van der Waals surface area contributed by atoms with Gasteiger partial charge in [0.25, 0.3) is 0 Å². The van der Waals surface area contributed by atoms with Crippen LogP contribution in [0.15, 0.2) is 57.9 Å². The largest absolute Gasteiger partial charge is 0.461 e. The fourth-order valence-corrected chi connectivity index (χ4v) is 3.24. The van der Waals surface area contributed by atoms with Crippen LogP contribution in [0.5, 0.6) is 0 Å². The molecule has 4 rings (SSSR count). The Morgan fingerprint density at radius 3 is 2.67 bits per heavy atom. The van der Waals surface area contributed by atoms with Crippen LogP contribution in [-0.2, 0) is 22.6 Å². The van der Waals surface area contributed by atoms with E-state index in [9.17, 15) is 9.59 Å². The van der Waals surface area contributed by atoms with Crippen LogP contribution in [0.2, 0.25) is 0 Å². The highest BCUT2D eigenvalue weighted by Gasteiger charge is 2.13. The monoisotopic (exact) mass is 361 g/mol. The Morgan fingerprint density at radius 2 is 1.81 bits per heavy atom. The molecular weight excluding hydrogens is 342 g/mol. The molecule has 5 heteroatoms. The van der Waals surface area contributed by atoms with Crippen LogP contribution < -0.4 is 5.63 Å². The Morgan fingerprint density at radius 1 is 1.04 bits per heavy atom. The molecule has 0 aliphatic heterocycles. The number of aromatic nitrogens is 1. The van der Waals surface area contributed by atoms with Gasteiger partial charge in [0.05, 0.1) is 6.42 Å². The Balaban J connectivity index is 1.55. The number of rotatable bonds is 4. The lowest BCUT2D eigenvalue weighted by atomic mass is 10.0. The second-order valence-corrected chi connectivity index (χ2v) is 6.72. The standard InChI is InChI=1S/C22H19NO4/c1-13-7-18-16(10-22(25)27-20(18)8-14(13)2)12-26-21(24)9-15-11-23-19-6-4-3-5-17(15)19/h3-8,10-11,23H,9,12H2,1-2H3. The van der Waals surface area contributed by atoms with Gasteiger partial charge >= 0.3 is 11.6 Å². The minimum absolute atomic E-state index is 0.0335. The zero-order chi connectivity index (χ0) is 19.0. The summed E-state index contributed by atoms with van der Waals surface area (Å²) in [7, 11) is 0. The van der Waals surface area contributed by atoms with Crippen LogP contribution in [0.4, 0.5) is 0 Å². The molecule has 0 bridgehead atoms. The fourth-order valence-electron chi connectivity index (χ4n) is 3.24. The maximum atomic E-state index is 12.3. The van der Waals surface area contributed by atoms with Gasteiger partial charge in [-0.3, -0.25) is 4.79 Å². The summed E-state index contributed by atoms with van der Waals surface area (Å²) in [5.74, 6) is -0.343. The maximum absolute atomic E-state index is 12.3. The van der Waals surface area contributed by atoms with E-state index in [4.69, 9.17) is 9.15 Å². The highest BCUT2D eigenvalue weighted by atomic mass is 16.5. The van der Waals surface area contributed by atoms with Crippen molar-refractivity contribution in [2.75, 3.05) is 0 Å². The summed E-state index contributed by atoms with van der Waals surface area (Å²) in [5, 5.41) is 1.80. The highest BCUT2D eigenvalue weighted by molar-refractivity contribution is 5.87. The average Bonchev–Trinajstić information content (AvgIpc) is 3.04. The molecule has 2 aromatic carbocycles. The number of esters is 1. The molecule has 4 aromatic rings. The number of ether oxygens (including phenoxy) is 1. The number of carbonyl (C=O) groups excluding carboxylic acids is 1. The van der Waals surface area contributed by atoms with Crippen molar-refractivity contribution in [3.05, 3.63) is 81.3 Å². The zero-order valence-electron chi connectivity index (χ0n) is 15.2. The van der Waals surface area contributed by atoms with Gasteiger partial charge < -0.3 is 14.1 Å². The lowest BCUT2D eigenvalue weighted by Crippen LogP contribution is -2.10. The molecule has 0 spiro atoms. The quantitative estimate of drug-likeness (QED) is 0.437. The van der Waals surface area contributed by atoms with Gasteiger partial charge in [-0.25, -0.2) is 4.79 Å². The fraction of sp³-hybridized carbons (Fsp3) is 0.182. The molecule has 0 saturated heterocycles. The number of H-pyrrole nitrogens is 1. The van der Waals surface area contributed by atoms with Crippen molar-refractivity contribution >= 4 is 27.8 Å². The minimum Gasteiger partial charge on any atom is -0.461 e. The van der Waals surface area contributed by atoms with Gasteiger partial charge in [-0.1, -0.05) is 18.2 Å². The number of nitrogens with one attached hydrogen (secondary N) is 1. The van der Waals surface area contributed by atoms with Crippen LogP contribution in [0.25, 0.3) is 21.9 Å². The summed E-state index contributed by atoms with van der Waals surface area (Å²) in [6.07, 6.45) is 1.99. The zero-order valence-corrected chi connectivity index (χ0v) is 15.2. The maximum Gasteiger partial charge on any atom is 0.336 e. The van der Waals surface area contributed by atoms with E-state index in [0.29, 0.717) is 11.1 Å². The summed E-state index contributed by atoms with van der Waals surface area (Å²) in [6, 6.07) is 13.0. The van der Waals surface area contributed by atoms with Gasteiger partial charge in [-0.15, -0.1) is 0 Å². The normalized spacial score (nSPS) is 11.2. The van der Waals surface area contributed by atoms with Crippen LogP contribution in [0.3, 0.4) is 0 Å². The van der Waals surface area contributed by atoms with E-state index >= 15 is 0 Å². The molecule has 2 aromatic heterocycles.